The normalized spacial score (nSPS) is 39.6. The number of carbonyl (C=O) groups is 1. The number of halogens is 1. The van der Waals surface area contributed by atoms with E-state index in [1.54, 1.807) is 13.2 Å². The smallest absolute Gasteiger partial charge is 0.237 e. The third-order valence-corrected chi connectivity index (χ3v) is 6.65. The molecule has 0 aliphatic carbocycles. The van der Waals surface area contributed by atoms with Gasteiger partial charge in [-0.15, -0.1) is 23.4 Å². The van der Waals surface area contributed by atoms with E-state index in [-0.39, 0.29) is 11.9 Å². The zero-order valence-electron chi connectivity index (χ0n) is 16.2. The summed E-state index contributed by atoms with van der Waals surface area (Å²) in [5.41, 5.74) is -0.704. The zero-order valence-corrected chi connectivity index (χ0v) is 17.7. The second-order valence-corrected chi connectivity index (χ2v) is 9.20. The van der Waals surface area contributed by atoms with Gasteiger partial charge in [-0.2, -0.15) is 0 Å². The Morgan fingerprint density at radius 3 is 2.63 bits per heavy atom. The number of rotatable bonds is 7. The molecule has 0 aromatic carbocycles. The molecule has 0 aromatic rings. The van der Waals surface area contributed by atoms with Gasteiger partial charge in [-0.3, -0.25) is 4.79 Å². The van der Waals surface area contributed by atoms with E-state index in [0.29, 0.717) is 5.92 Å². The minimum Gasteiger partial charge on any atom is -0.388 e. The van der Waals surface area contributed by atoms with Gasteiger partial charge in [0.05, 0.1) is 17.5 Å². The number of ether oxygens (including phenoxy) is 1. The fourth-order valence-electron chi connectivity index (χ4n) is 3.95. The summed E-state index contributed by atoms with van der Waals surface area (Å²) in [7, 11) is 0. The Labute approximate surface area is 170 Å². The Bertz CT molecular complexity index is 483. The number of alkyl halides is 1. The lowest BCUT2D eigenvalue weighted by Crippen LogP contribution is -2.65. The molecule has 0 bridgehead atoms. The van der Waals surface area contributed by atoms with Crippen LogP contribution in [0.5, 0.6) is 0 Å². The van der Waals surface area contributed by atoms with E-state index in [1.165, 1.54) is 11.8 Å². The van der Waals surface area contributed by atoms with Gasteiger partial charge in [0.25, 0.3) is 0 Å². The van der Waals surface area contributed by atoms with Gasteiger partial charge in [0.2, 0.25) is 5.91 Å². The number of aliphatic hydroxyl groups is 3. The maximum absolute atomic E-state index is 12.8. The molecule has 2 fully saturated rings. The van der Waals surface area contributed by atoms with E-state index in [4.69, 9.17) is 16.3 Å². The first-order chi connectivity index (χ1) is 12.8. The Balaban J connectivity index is 2.07. The van der Waals surface area contributed by atoms with Crippen molar-refractivity contribution in [3.63, 3.8) is 0 Å². The fourth-order valence-corrected chi connectivity index (χ4v) is 4.84. The molecular formula is C18H33ClN2O5S. The van der Waals surface area contributed by atoms with Crippen molar-refractivity contribution in [3.8, 4) is 0 Å². The molecule has 0 saturated carbocycles. The van der Waals surface area contributed by atoms with E-state index >= 15 is 0 Å². The van der Waals surface area contributed by atoms with Gasteiger partial charge in [0, 0.05) is 0 Å². The Morgan fingerprint density at radius 1 is 1.33 bits per heavy atom. The average molecular weight is 425 g/mol. The molecule has 0 spiro atoms. The average Bonchev–Trinajstić information content (AvgIpc) is 2.65. The quantitative estimate of drug-likeness (QED) is 0.377. The van der Waals surface area contributed by atoms with Crippen LogP contribution in [0.4, 0.5) is 0 Å². The maximum atomic E-state index is 12.8. The van der Waals surface area contributed by atoms with Crippen LogP contribution in [0, 0.1) is 5.92 Å². The lowest BCUT2D eigenvalue weighted by atomic mass is 9.88. The molecular weight excluding hydrogens is 392 g/mol. The van der Waals surface area contributed by atoms with Crippen LogP contribution < -0.4 is 10.6 Å². The summed E-state index contributed by atoms with van der Waals surface area (Å²) in [4.78, 5) is 12.8. The van der Waals surface area contributed by atoms with E-state index < -0.39 is 41.3 Å². The first kappa shape index (κ1) is 23.2. The highest BCUT2D eigenvalue weighted by Crippen LogP contribution is 2.30. The molecule has 0 aromatic heterocycles. The summed E-state index contributed by atoms with van der Waals surface area (Å²) in [5, 5.41) is 36.2. The number of hydrogen-bond acceptors (Lipinski definition) is 7. The van der Waals surface area contributed by atoms with Crippen LogP contribution in [0.3, 0.4) is 0 Å². The van der Waals surface area contributed by atoms with E-state index in [1.807, 2.05) is 0 Å². The molecule has 158 valence electrons. The van der Waals surface area contributed by atoms with Crippen molar-refractivity contribution >= 4 is 29.3 Å². The van der Waals surface area contributed by atoms with Crippen molar-refractivity contribution in [1.29, 1.82) is 0 Å². The van der Waals surface area contributed by atoms with Gasteiger partial charge in [-0.05, 0) is 38.5 Å². The van der Waals surface area contributed by atoms with E-state index in [0.717, 1.165) is 32.2 Å². The summed E-state index contributed by atoms with van der Waals surface area (Å²) in [6.07, 6.45) is 0.953. The molecule has 2 heterocycles. The molecule has 9 heteroatoms. The number of piperidine rings is 1. The lowest BCUT2D eigenvalue weighted by molar-refractivity contribution is -0.205. The van der Waals surface area contributed by atoms with Crippen LogP contribution in [0.1, 0.15) is 39.5 Å². The number of thioether (sulfide) groups is 1. The van der Waals surface area contributed by atoms with Crippen LogP contribution >= 0.6 is 23.4 Å². The predicted octanol–water partition coefficient (Wildman–Crippen LogP) is 0.437. The largest absolute Gasteiger partial charge is 0.388 e. The summed E-state index contributed by atoms with van der Waals surface area (Å²) >= 11 is 7.54. The third kappa shape index (κ3) is 5.72. The molecule has 2 rings (SSSR count). The van der Waals surface area contributed by atoms with Gasteiger partial charge < -0.3 is 30.7 Å². The summed E-state index contributed by atoms with van der Waals surface area (Å²) in [6, 6.07) is -1.000. The summed E-state index contributed by atoms with van der Waals surface area (Å²) < 4.78 is 5.79. The molecule has 2 saturated heterocycles. The number of carbonyl (C=O) groups excluding carboxylic acids is 1. The van der Waals surface area contributed by atoms with Gasteiger partial charge in [-0.1, -0.05) is 19.8 Å². The first-order valence-corrected chi connectivity index (χ1v) is 11.4. The first-order valence-electron chi connectivity index (χ1n) is 9.70. The second-order valence-electron chi connectivity index (χ2n) is 7.57. The highest BCUT2D eigenvalue weighted by Gasteiger charge is 2.48. The molecule has 2 aliphatic rings. The van der Waals surface area contributed by atoms with Gasteiger partial charge >= 0.3 is 0 Å². The van der Waals surface area contributed by atoms with Crippen molar-refractivity contribution in [3.05, 3.63) is 0 Å². The monoisotopic (exact) mass is 424 g/mol. The van der Waals surface area contributed by atoms with Crippen molar-refractivity contribution in [1.82, 2.24) is 10.6 Å². The molecule has 2 aliphatic heterocycles. The van der Waals surface area contributed by atoms with Crippen LogP contribution in [0.2, 0.25) is 0 Å². The van der Waals surface area contributed by atoms with Crippen molar-refractivity contribution < 1.29 is 24.9 Å². The van der Waals surface area contributed by atoms with Gasteiger partial charge in [-0.25, -0.2) is 0 Å². The topological polar surface area (TPSA) is 111 Å². The number of nitrogens with one attached hydrogen (secondary N) is 2. The Kier molecular flexibility index (Phi) is 9.12. The van der Waals surface area contributed by atoms with Crippen LogP contribution in [-0.2, 0) is 9.53 Å². The standard InChI is InChI=1S/C18H33ClN2O5S/c1-4-5-10-6-7-20-11(8-10)17(25)21-12(9(2)19)16-14(23)13(22)15(24)18(26-16)27-3/h9-16,18,20,22-24H,4-8H2,1-3H3,(H,21,25)/t9?,10-,11+,12?,13?,14?,15?,16?,18?/m1/s1. The highest BCUT2D eigenvalue weighted by atomic mass is 35.5. The molecule has 9 atom stereocenters. The van der Waals surface area contributed by atoms with Gasteiger partial charge in [0.1, 0.15) is 29.9 Å². The summed E-state index contributed by atoms with van der Waals surface area (Å²) in [6.45, 7) is 4.65. The Morgan fingerprint density at radius 2 is 2.04 bits per heavy atom. The number of hydrogen-bond donors (Lipinski definition) is 5. The molecule has 0 radical (unpaired) electrons. The minimum atomic E-state index is -1.36. The molecule has 5 N–H and O–H groups in total. The maximum Gasteiger partial charge on any atom is 0.237 e. The van der Waals surface area contributed by atoms with Crippen LogP contribution in [-0.4, -0.2) is 81.3 Å². The minimum absolute atomic E-state index is 0.176. The van der Waals surface area contributed by atoms with E-state index in [9.17, 15) is 20.1 Å². The van der Waals surface area contributed by atoms with E-state index in [2.05, 4.69) is 17.6 Å². The van der Waals surface area contributed by atoms with Crippen molar-refractivity contribution in [2.75, 3.05) is 12.8 Å². The number of amides is 1. The second kappa shape index (κ2) is 10.6. The molecule has 27 heavy (non-hydrogen) atoms. The molecule has 7 nitrogen and oxygen atoms in total. The van der Waals surface area contributed by atoms with Gasteiger partial charge in [0.15, 0.2) is 0 Å². The summed E-state index contributed by atoms with van der Waals surface area (Å²) in [5.74, 6) is 0.346. The van der Waals surface area contributed by atoms with Crippen molar-refractivity contribution in [2.45, 2.75) is 86.8 Å². The SMILES string of the molecule is CCC[C@@H]1CCN[C@H](C(=O)NC(C(C)Cl)C2OC(SC)C(O)C(O)C2O)C1. The predicted molar refractivity (Wildman–Crippen MR) is 107 cm³/mol. The van der Waals surface area contributed by atoms with Crippen LogP contribution in [0.15, 0.2) is 0 Å². The van der Waals surface area contributed by atoms with Crippen LogP contribution in [0.25, 0.3) is 0 Å². The third-order valence-electron chi connectivity index (χ3n) is 5.52. The van der Waals surface area contributed by atoms with Crippen molar-refractivity contribution in [2.24, 2.45) is 5.92 Å². The number of aliphatic hydroxyl groups excluding tert-OH is 3. The molecule has 7 unspecified atom stereocenters. The Hall–Kier alpha value is -0.0900. The fraction of sp³-hybridized carbons (Fsp3) is 0.944. The highest BCUT2D eigenvalue weighted by molar-refractivity contribution is 7.99. The molecule has 1 amide bonds. The lowest BCUT2D eigenvalue weighted by Gasteiger charge is -2.44. The zero-order chi connectivity index (χ0) is 20.1.